The van der Waals surface area contributed by atoms with E-state index in [1.807, 2.05) is 0 Å². The maximum atomic E-state index is 10.7. The van der Waals surface area contributed by atoms with Crippen LogP contribution in [0.25, 0.3) is 0 Å². The average molecular weight is 237 g/mol. The van der Waals surface area contributed by atoms with Gasteiger partial charge >= 0.3 is 0 Å². The third-order valence-electron chi connectivity index (χ3n) is 4.06. The number of piperidine rings is 1. The molecule has 2 fully saturated rings. The van der Waals surface area contributed by atoms with Crippen LogP contribution in [0, 0.1) is 0 Å². The number of rotatable bonds is 2. The normalized spacial score (nSPS) is 35.2. The summed E-state index contributed by atoms with van der Waals surface area (Å²) < 4.78 is 0. The van der Waals surface area contributed by atoms with Crippen molar-refractivity contribution in [3.05, 3.63) is 22.4 Å². The first kappa shape index (κ1) is 10.8. The van der Waals surface area contributed by atoms with Crippen LogP contribution in [0.15, 0.2) is 17.5 Å². The van der Waals surface area contributed by atoms with Crippen molar-refractivity contribution in [2.75, 3.05) is 13.1 Å². The predicted molar refractivity (Wildman–Crippen MR) is 66.8 cm³/mol. The summed E-state index contributed by atoms with van der Waals surface area (Å²) in [5, 5.41) is 12.8. The first-order valence-corrected chi connectivity index (χ1v) is 7.12. The lowest BCUT2D eigenvalue weighted by Crippen LogP contribution is -2.48. The molecule has 88 valence electrons. The van der Waals surface area contributed by atoms with Gasteiger partial charge in [0.2, 0.25) is 0 Å². The molecule has 3 rings (SSSR count). The van der Waals surface area contributed by atoms with Crippen LogP contribution in [0.1, 0.15) is 30.6 Å². The highest BCUT2D eigenvalue weighted by Crippen LogP contribution is 2.35. The molecular formula is C13H19NOS. The van der Waals surface area contributed by atoms with Crippen molar-refractivity contribution in [3.8, 4) is 0 Å². The van der Waals surface area contributed by atoms with Crippen molar-refractivity contribution < 1.29 is 5.11 Å². The molecule has 2 unspecified atom stereocenters. The topological polar surface area (TPSA) is 23.5 Å². The summed E-state index contributed by atoms with van der Waals surface area (Å²) in [7, 11) is 0. The molecule has 2 nitrogen and oxygen atoms in total. The van der Waals surface area contributed by atoms with E-state index in [1.54, 1.807) is 11.3 Å². The number of hydrogen-bond donors (Lipinski definition) is 1. The van der Waals surface area contributed by atoms with Gasteiger partial charge in [0.25, 0.3) is 0 Å². The fourth-order valence-corrected chi connectivity index (χ4v) is 4.05. The highest BCUT2D eigenvalue weighted by molar-refractivity contribution is 7.09. The lowest BCUT2D eigenvalue weighted by molar-refractivity contribution is -0.0348. The van der Waals surface area contributed by atoms with Crippen molar-refractivity contribution in [1.82, 2.24) is 4.90 Å². The Morgan fingerprint density at radius 2 is 2.44 bits per heavy atom. The Balaban J connectivity index is 1.69. The highest BCUT2D eigenvalue weighted by Gasteiger charge is 2.40. The number of nitrogens with zero attached hydrogens (tertiary/aromatic N) is 1. The Hall–Kier alpha value is -0.380. The van der Waals surface area contributed by atoms with Crippen LogP contribution in [0.5, 0.6) is 0 Å². The van der Waals surface area contributed by atoms with Gasteiger partial charge in [-0.15, -0.1) is 11.3 Å². The number of thiophene rings is 1. The Morgan fingerprint density at radius 3 is 3.25 bits per heavy atom. The largest absolute Gasteiger partial charge is 0.389 e. The van der Waals surface area contributed by atoms with Gasteiger partial charge < -0.3 is 10.0 Å². The quantitative estimate of drug-likeness (QED) is 0.853. The van der Waals surface area contributed by atoms with Gasteiger partial charge in [0.05, 0.1) is 5.60 Å². The van der Waals surface area contributed by atoms with Gasteiger partial charge in [0.15, 0.2) is 0 Å². The van der Waals surface area contributed by atoms with E-state index in [2.05, 4.69) is 22.4 Å². The molecule has 0 spiro atoms. The highest BCUT2D eigenvalue weighted by atomic mass is 32.1. The molecule has 0 aliphatic carbocycles. The maximum Gasteiger partial charge on any atom is 0.0722 e. The van der Waals surface area contributed by atoms with Crippen molar-refractivity contribution in [2.45, 2.75) is 43.7 Å². The molecule has 2 aliphatic heterocycles. The van der Waals surface area contributed by atoms with Gasteiger partial charge in [-0.25, -0.2) is 0 Å². The minimum atomic E-state index is -0.434. The minimum Gasteiger partial charge on any atom is -0.389 e. The Kier molecular flexibility index (Phi) is 2.78. The van der Waals surface area contributed by atoms with Crippen molar-refractivity contribution in [1.29, 1.82) is 0 Å². The van der Waals surface area contributed by atoms with Crippen LogP contribution in [-0.2, 0) is 6.42 Å². The summed E-state index contributed by atoms with van der Waals surface area (Å²) in [4.78, 5) is 3.89. The van der Waals surface area contributed by atoms with E-state index in [9.17, 15) is 5.11 Å². The molecule has 2 atom stereocenters. The number of fused-ring (bicyclic) bond motifs is 1. The first-order chi connectivity index (χ1) is 7.75. The summed E-state index contributed by atoms with van der Waals surface area (Å²) in [5.41, 5.74) is -0.434. The van der Waals surface area contributed by atoms with Gasteiger partial charge in [-0.05, 0) is 43.7 Å². The lowest BCUT2D eigenvalue weighted by Gasteiger charge is -2.40. The first-order valence-electron chi connectivity index (χ1n) is 6.24. The average Bonchev–Trinajstić information content (AvgIpc) is 2.87. The molecule has 3 heteroatoms. The summed E-state index contributed by atoms with van der Waals surface area (Å²) in [6, 6.07) is 4.87. The third-order valence-corrected chi connectivity index (χ3v) is 4.94. The van der Waals surface area contributed by atoms with Crippen LogP contribution in [0.2, 0.25) is 0 Å². The van der Waals surface area contributed by atoms with Crippen molar-refractivity contribution in [3.63, 3.8) is 0 Å². The molecular weight excluding hydrogens is 218 g/mol. The van der Waals surface area contributed by atoms with Crippen LogP contribution >= 0.6 is 11.3 Å². The standard InChI is InChI=1S/C13H19NOS/c15-13(10-12-4-2-8-16-12)5-7-14-6-1-3-11(14)9-13/h2,4,8,11,15H,1,3,5-7,9-10H2. The molecule has 1 aromatic heterocycles. The Labute approximate surface area is 101 Å². The van der Waals surface area contributed by atoms with E-state index in [-0.39, 0.29) is 0 Å². The zero-order chi connectivity index (χ0) is 11.0. The molecule has 3 heterocycles. The van der Waals surface area contributed by atoms with E-state index in [0.717, 1.165) is 25.8 Å². The molecule has 0 bridgehead atoms. The zero-order valence-corrected chi connectivity index (χ0v) is 10.4. The van der Waals surface area contributed by atoms with Crippen molar-refractivity contribution in [2.24, 2.45) is 0 Å². The van der Waals surface area contributed by atoms with Crippen LogP contribution in [-0.4, -0.2) is 34.7 Å². The third kappa shape index (κ3) is 2.04. The molecule has 1 N–H and O–H groups in total. The summed E-state index contributed by atoms with van der Waals surface area (Å²) in [5.74, 6) is 0. The summed E-state index contributed by atoms with van der Waals surface area (Å²) >= 11 is 1.77. The SMILES string of the molecule is OC1(Cc2cccs2)CCN2CCCC2C1. The molecule has 0 aromatic carbocycles. The van der Waals surface area contributed by atoms with Crippen LogP contribution in [0.4, 0.5) is 0 Å². The Morgan fingerprint density at radius 1 is 1.50 bits per heavy atom. The van der Waals surface area contributed by atoms with Gasteiger partial charge in [0.1, 0.15) is 0 Å². The Bertz CT molecular complexity index is 351. The van der Waals surface area contributed by atoms with E-state index >= 15 is 0 Å². The second kappa shape index (κ2) is 4.13. The summed E-state index contributed by atoms with van der Waals surface area (Å²) in [6.45, 7) is 2.34. The van der Waals surface area contributed by atoms with Crippen molar-refractivity contribution >= 4 is 11.3 Å². The van der Waals surface area contributed by atoms with E-state index < -0.39 is 5.60 Å². The molecule has 2 saturated heterocycles. The number of hydrogen-bond acceptors (Lipinski definition) is 3. The smallest absolute Gasteiger partial charge is 0.0722 e. The molecule has 2 aliphatic rings. The van der Waals surface area contributed by atoms with Crippen LogP contribution in [0.3, 0.4) is 0 Å². The minimum absolute atomic E-state index is 0.434. The molecule has 1 aromatic rings. The molecule has 0 amide bonds. The monoisotopic (exact) mass is 237 g/mol. The van der Waals surface area contributed by atoms with Crippen LogP contribution < -0.4 is 0 Å². The predicted octanol–water partition coefficient (Wildman–Crippen LogP) is 2.28. The van der Waals surface area contributed by atoms with E-state index in [0.29, 0.717) is 6.04 Å². The molecule has 16 heavy (non-hydrogen) atoms. The second-order valence-corrected chi connectivity index (χ2v) is 6.30. The molecule has 0 radical (unpaired) electrons. The fraction of sp³-hybridized carbons (Fsp3) is 0.692. The van der Waals surface area contributed by atoms with Gasteiger partial charge in [-0.1, -0.05) is 6.07 Å². The fourth-order valence-electron chi connectivity index (χ4n) is 3.21. The maximum absolute atomic E-state index is 10.7. The van der Waals surface area contributed by atoms with Gasteiger partial charge in [0, 0.05) is 23.9 Å². The zero-order valence-electron chi connectivity index (χ0n) is 9.56. The number of aliphatic hydroxyl groups is 1. The lowest BCUT2D eigenvalue weighted by atomic mass is 9.83. The second-order valence-electron chi connectivity index (χ2n) is 5.27. The van der Waals surface area contributed by atoms with Gasteiger partial charge in [-0.2, -0.15) is 0 Å². The summed E-state index contributed by atoms with van der Waals surface area (Å²) in [6.07, 6.45) is 5.38. The van der Waals surface area contributed by atoms with E-state index in [4.69, 9.17) is 0 Å². The molecule has 0 saturated carbocycles. The van der Waals surface area contributed by atoms with Gasteiger partial charge in [-0.3, -0.25) is 0 Å². The van der Waals surface area contributed by atoms with E-state index in [1.165, 1.54) is 24.3 Å².